The number of hydrogen-bond donors (Lipinski definition) is 0. The van der Waals surface area contributed by atoms with E-state index in [2.05, 4.69) is 19.9 Å². The molecule has 0 radical (unpaired) electrons. The van der Waals surface area contributed by atoms with Crippen LogP contribution in [-0.4, -0.2) is 29.9 Å². The maximum Gasteiger partial charge on any atom is 0.246 e. The molecule has 4 aliphatic rings. The molecule has 1 aliphatic heterocycles. The highest BCUT2D eigenvalue weighted by molar-refractivity contribution is 5.89. The lowest BCUT2D eigenvalue weighted by molar-refractivity contribution is -0.314. The van der Waals surface area contributed by atoms with Crippen molar-refractivity contribution < 1.29 is 14.7 Å². The smallest absolute Gasteiger partial charge is 0.246 e. The number of carboxylic acids is 1. The molecule has 4 nitrogen and oxygen atoms in total. The first-order valence-electron chi connectivity index (χ1n) is 10.4. The van der Waals surface area contributed by atoms with Gasteiger partial charge in [-0.2, -0.15) is 0 Å². The van der Waals surface area contributed by atoms with E-state index in [4.69, 9.17) is 0 Å². The Morgan fingerprint density at radius 3 is 2.62 bits per heavy atom. The number of rotatable bonds is 2. The van der Waals surface area contributed by atoms with Crippen LogP contribution in [0.2, 0.25) is 0 Å². The van der Waals surface area contributed by atoms with Crippen molar-refractivity contribution in [1.29, 1.82) is 0 Å². The molecule has 26 heavy (non-hydrogen) atoms. The van der Waals surface area contributed by atoms with E-state index in [1.165, 1.54) is 6.42 Å². The number of fused-ring (bicyclic) bond motifs is 5. The molecule has 0 spiro atoms. The van der Waals surface area contributed by atoms with Gasteiger partial charge in [0.05, 0.1) is 0 Å². The molecule has 144 valence electrons. The van der Waals surface area contributed by atoms with Crippen LogP contribution in [0.3, 0.4) is 0 Å². The van der Waals surface area contributed by atoms with Gasteiger partial charge in [0.25, 0.3) is 0 Å². The minimum Gasteiger partial charge on any atom is -0.550 e. The van der Waals surface area contributed by atoms with Gasteiger partial charge in [-0.25, -0.2) is 0 Å². The van der Waals surface area contributed by atoms with Crippen LogP contribution in [0.15, 0.2) is 12.2 Å². The number of carbonyl (C=O) groups excluding carboxylic acids is 2. The zero-order valence-corrected chi connectivity index (χ0v) is 16.5. The van der Waals surface area contributed by atoms with Crippen LogP contribution in [0.1, 0.15) is 59.3 Å². The van der Waals surface area contributed by atoms with E-state index < -0.39 is 5.97 Å². The van der Waals surface area contributed by atoms with Crippen LogP contribution in [0.5, 0.6) is 0 Å². The summed E-state index contributed by atoms with van der Waals surface area (Å²) < 4.78 is 0. The van der Waals surface area contributed by atoms with Gasteiger partial charge in [0.15, 0.2) is 0 Å². The fourth-order valence-electron chi connectivity index (χ4n) is 7.76. The molecule has 0 N–H and O–H groups in total. The second-order valence-corrected chi connectivity index (χ2v) is 9.95. The molecule has 3 saturated carbocycles. The van der Waals surface area contributed by atoms with Gasteiger partial charge < -0.3 is 14.8 Å². The summed E-state index contributed by atoms with van der Waals surface area (Å²) in [6, 6.07) is 0.310. The van der Waals surface area contributed by atoms with Crippen molar-refractivity contribution in [3.8, 4) is 0 Å². The summed E-state index contributed by atoms with van der Waals surface area (Å²) in [5.41, 5.74) is 0.189. The Hall–Kier alpha value is -1.32. The lowest BCUT2D eigenvalue weighted by Gasteiger charge is -2.60. The van der Waals surface area contributed by atoms with Gasteiger partial charge in [0.2, 0.25) is 5.91 Å². The third-order valence-corrected chi connectivity index (χ3v) is 9.18. The highest BCUT2D eigenvalue weighted by atomic mass is 16.4. The molecule has 0 aromatic rings. The summed E-state index contributed by atoms with van der Waals surface area (Å²) in [5, 5.41) is 11.5. The first-order chi connectivity index (χ1) is 12.2. The summed E-state index contributed by atoms with van der Waals surface area (Å²) in [6.45, 7) is 6.56. The number of aliphatic carboxylic acids is 1. The zero-order chi connectivity index (χ0) is 18.9. The summed E-state index contributed by atoms with van der Waals surface area (Å²) in [5.74, 6) is 1.01. The first kappa shape index (κ1) is 18.1. The molecule has 2 unspecified atom stereocenters. The molecule has 0 aromatic carbocycles. The van der Waals surface area contributed by atoms with Crippen molar-refractivity contribution >= 4 is 11.9 Å². The van der Waals surface area contributed by atoms with Crippen molar-refractivity contribution in [2.75, 3.05) is 7.05 Å². The molecule has 0 bridgehead atoms. The Balaban J connectivity index is 1.64. The van der Waals surface area contributed by atoms with Crippen molar-refractivity contribution in [1.82, 2.24) is 4.90 Å². The Morgan fingerprint density at radius 2 is 1.92 bits per heavy atom. The van der Waals surface area contributed by atoms with E-state index in [0.29, 0.717) is 23.8 Å². The lowest BCUT2D eigenvalue weighted by atomic mass is 9.47. The number of nitrogens with zero attached hydrogens (tertiary/aromatic N) is 1. The molecule has 3 fully saturated rings. The van der Waals surface area contributed by atoms with Crippen LogP contribution < -0.4 is 5.11 Å². The van der Waals surface area contributed by atoms with Crippen LogP contribution in [0, 0.1) is 40.4 Å². The van der Waals surface area contributed by atoms with E-state index in [0.717, 1.165) is 32.1 Å². The number of hydrogen-bond acceptors (Lipinski definition) is 3. The largest absolute Gasteiger partial charge is 0.550 e. The lowest BCUT2D eigenvalue weighted by Crippen LogP contribution is -2.59. The first-order valence-corrected chi connectivity index (χ1v) is 10.4. The molecular weight excluding hydrogens is 326 g/mol. The maximum atomic E-state index is 12.1. The summed E-state index contributed by atoms with van der Waals surface area (Å²) in [4.78, 5) is 25.6. The Morgan fingerprint density at radius 1 is 1.19 bits per heavy atom. The second kappa shape index (κ2) is 5.84. The molecule has 0 aromatic heterocycles. The van der Waals surface area contributed by atoms with E-state index in [1.807, 2.05) is 18.9 Å². The van der Waals surface area contributed by atoms with E-state index in [-0.39, 0.29) is 28.6 Å². The van der Waals surface area contributed by atoms with Crippen LogP contribution >= 0.6 is 0 Å². The quantitative estimate of drug-likeness (QED) is 0.762. The second-order valence-electron chi connectivity index (χ2n) is 9.95. The Labute approximate surface area is 157 Å². The topological polar surface area (TPSA) is 60.4 Å². The minimum absolute atomic E-state index is 0.0605. The highest BCUT2D eigenvalue weighted by Gasteiger charge is 2.60. The van der Waals surface area contributed by atoms with Crippen molar-refractivity contribution in [3.63, 3.8) is 0 Å². The van der Waals surface area contributed by atoms with Gasteiger partial charge >= 0.3 is 0 Å². The third-order valence-electron chi connectivity index (χ3n) is 9.18. The molecule has 3 aliphatic carbocycles. The average Bonchev–Trinajstić information content (AvgIpc) is 2.95. The van der Waals surface area contributed by atoms with Crippen molar-refractivity contribution in [2.45, 2.75) is 65.3 Å². The number of carboxylic acid groups (broad SMARTS) is 1. The van der Waals surface area contributed by atoms with Gasteiger partial charge in [0, 0.05) is 24.5 Å². The van der Waals surface area contributed by atoms with Gasteiger partial charge in [0.1, 0.15) is 0 Å². The van der Waals surface area contributed by atoms with Crippen molar-refractivity contribution in [3.05, 3.63) is 12.2 Å². The SMILES string of the molecule is CC(C(=O)[O-])[C@H]1CC[C@H]2[C@@H]3CCC4N(C)C(=O)C=C[C@]4(C)[C@H]3CC[C@]12C. The standard InChI is InChI=1S/C22H33NO3/c1-13(20(25)26)15-6-7-16-14-5-8-18-22(3,12-10-19(24)23(18)4)17(14)9-11-21(15,16)2/h10,12-18H,5-9,11H2,1-4H3,(H,25,26)/p-1/t13?,14-,15+,16-,17-,18?,21+,22+/m0/s1. The molecule has 8 atom stereocenters. The fourth-order valence-corrected chi connectivity index (χ4v) is 7.76. The normalized spacial score (nSPS) is 48.5. The number of likely N-dealkylation sites (N-methyl/N-ethyl adjacent to an activating group) is 1. The maximum absolute atomic E-state index is 12.1. The zero-order valence-electron chi connectivity index (χ0n) is 16.5. The van der Waals surface area contributed by atoms with Gasteiger partial charge in [-0.15, -0.1) is 0 Å². The third kappa shape index (κ3) is 2.26. The van der Waals surface area contributed by atoms with Gasteiger partial charge in [-0.3, -0.25) is 4.79 Å². The van der Waals surface area contributed by atoms with Crippen LogP contribution in [0.25, 0.3) is 0 Å². The predicted octanol–water partition coefficient (Wildman–Crippen LogP) is 2.63. The summed E-state index contributed by atoms with van der Waals surface area (Å²) >= 11 is 0. The minimum atomic E-state index is -0.884. The summed E-state index contributed by atoms with van der Waals surface area (Å²) in [6.07, 6.45) is 10.6. The molecular formula is C22H32NO3-. The number of amides is 1. The average molecular weight is 359 g/mol. The molecule has 4 rings (SSSR count). The molecule has 0 saturated heterocycles. The van der Waals surface area contributed by atoms with Crippen LogP contribution in [-0.2, 0) is 9.59 Å². The van der Waals surface area contributed by atoms with Gasteiger partial charge in [-0.05, 0) is 79.6 Å². The van der Waals surface area contributed by atoms with Crippen molar-refractivity contribution in [2.24, 2.45) is 40.4 Å². The molecule has 4 heteroatoms. The highest BCUT2D eigenvalue weighted by Crippen LogP contribution is 2.66. The monoisotopic (exact) mass is 358 g/mol. The Bertz CT molecular complexity index is 658. The predicted molar refractivity (Wildman–Crippen MR) is 97.7 cm³/mol. The number of carbonyl (C=O) groups is 2. The fraction of sp³-hybridized carbons (Fsp3) is 0.818. The Kier molecular flexibility index (Phi) is 4.06. The van der Waals surface area contributed by atoms with E-state index in [9.17, 15) is 14.7 Å². The van der Waals surface area contributed by atoms with Crippen LogP contribution in [0.4, 0.5) is 0 Å². The molecule has 1 heterocycles. The van der Waals surface area contributed by atoms with E-state index in [1.54, 1.807) is 6.08 Å². The molecule has 1 amide bonds. The summed E-state index contributed by atoms with van der Waals surface area (Å²) in [7, 11) is 1.95. The van der Waals surface area contributed by atoms with E-state index >= 15 is 0 Å². The van der Waals surface area contributed by atoms with Gasteiger partial charge in [-0.1, -0.05) is 26.8 Å².